The fourth-order valence-electron chi connectivity index (χ4n) is 2.64. The Labute approximate surface area is 139 Å². The van der Waals surface area contributed by atoms with E-state index in [4.69, 9.17) is 4.74 Å². The standard InChI is InChI=1S/C17H19FN4O2/c1-11-7-15(19-8-14(11)18)17(23)22-6-5-13(9-22)10-24-16-4-3-12(2)20-21-16/h3-4,7-8,13H,5-6,9-10H2,1-2H3. The molecular formula is C17H19FN4O2. The van der Waals surface area contributed by atoms with E-state index in [1.165, 1.54) is 6.07 Å². The molecule has 2 aromatic rings. The molecule has 0 aliphatic carbocycles. The average Bonchev–Trinajstić information content (AvgIpc) is 3.05. The maximum atomic E-state index is 13.3. The topological polar surface area (TPSA) is 68.2 Å². The second kappa shape index (κ2) is 6.90. The molecule has 0 spiro atoms. The number of ether oxygens (including phenoxy) is 1. The van der Waals surface area contributed by atoms with Gasteiger partial charge in [0.15, 0.2) is 0 Å². The number of hydrogen-bond donors (Lipinski definition) is 0. The Morgan fingerprint density at radius 1 is 1.38 bits per heavy atom. The lowest BCUT2D eigenvalue weighted by atomic mass is 10.1. The highest BCUT2D eigenvalue weighted by Crippen LogP contribution is 2.20. The lowest BCUT2D eigenvalue weighted by Crippen LogP contribution is -2.30. The largest absolute Gasteiger partial charge is 0.476 e. The van der Waals surface area contributed by atoms with Crippen molar-refractivity contribution in [3.8, 4) is 5.88 Å². The summed E-state index contributed by atoms with van der Waals surface area (Å²) in [7, 11) is 0. The first-order valence-electron chi connectivity index (χ1n) is 7.87. The van der Waals surface area contributed by atoms with Gasteiger partial charge in [-0.1, -0.05) is 0 Å². The summed E-state index contributed by atoms with van der Waals surface area (Å²) in [5.74, 6) is 0.147. The van der Waals surface area contributed by atoms with Gasteiger partial charge in [0, 0.05) is 25.1 Å². The number of aryl methyl sites for hydroxylation is 2. The highest BCUT2D eigenvalue weighted by molar-refractivity contribution is 5.92. The summed E-state index contributed by atoms with van der Waals surface area (Å²) in [5.41, 5.74) is 1.53. The summed E-state index contributed by atoms with van der Waals surface area (Å²) in [4.78, 5) is 18.1. The van der Waals surface area contributed by atoms with Gasteiger partial charge in [0.2, 0.25) is 5.88 Å². The van der Waals surface area contributed by atoms with Gasteiger partial charge in [-0.05, 0) is 38.0 Å². The van der Waals surface area contributed by atoms with E-state index >= 15 is 0 Å². The Balaban J connectivity index is 1.55. The number of rotatable bonds is 4. The Morgan fingerprint density at radius 3 is 2.92 bits per heavy atom. The van der Waals surface area contributed by atoms with Crippen molar-refractivity contribution in [2.45, 2.75) is 20.3 Å². The number of amides is 1. The Hall–Kier alpha value is -2.57. The monoisotopic (exact) mass is 330 g/mol. The number of pyridine rings is 1. The van der Waals surface area contributed by atoms with E-state index in [2.05, 4.69) is 15.2 Å². The summed E-state index contributed by atoms with van der Waals surface area (Å²) < 4.78 is 18.9. The minimum absolute atomic E-state index is 0.171. The Kier molecular flexibility index (Phi) is 4.69. The van der Waals surface area contributed by atoms with Crippen molar-refractivity contribution in [3.05, 3.63) is 47.2 Å². The fraction of sp³-hybridized carbons (Fsp3) is 0.412. The zero-order valence-corrected chi connectivity index (χ0v) is 13.7. The molecule has 3 rings (SSSR count). The first-order valence-corrected chi connectivity index (χ1v) is 7.87. The number of carbonyl (C=O) groups excluding carboxylic acids is 1. The number of nitrogens with zero attached hydrogens (tertiary/aromatic N) is 4. The van der Waals surface area contributed by atoms with Gasteiger partial charge in [0.25, 0.3) is 5.91 Å². The van der Waals surface area contributed by atoms with E-state index < -0.39 is 5.82 Å². The van der Waals surface area contributed by atoms with Crippen molar-refractivity contribution in [2.24, 2.45) is 5.92 Å². The molecule has 126 valence electrons. The van der Waals surface area contributed by atoms with E-state index in [1.807, 2.05) is 13.0 Å². The van der Waals surface area contributed by atoms with Crippen LogP contribution in [0.3, 0.4) is 0 Å². The normalized spacial score (nSPS) is 17.1. The number of aromatic nitrogens is 3. The summed E-state index contributed by atoms with van der Waals surface area (Å²) in [6, 6.07) is 5.12. The minimum atomic E-state index is -0.404. The SMILES string of the molecule is Cc1ccc(OCC2CCN(C(=O)c3cc(C)c(F)cn3)C2)nn1. The molecule has 0 aromatic carbocycles. The third kappa shape index (κ3) is 3.67. The molecule has 1 amide bonds. The summed E-state index contributed by atoms with van der Waals surface area (Å²) in [6.45, 7) is 5.21. The molecule has 0 bridgehead atoms. The van der Waals surface area contributed by atoms with E-state index in [-0.39, 0.29) is 17.5 Å². The van der Waals surface area contributed by atoms with Gasteiger partial charge in [-0.25, -0.2) is 9.37 Å². The van der Waals surface area contributed by atoms with E-state index in [0.717, 1.165) is 18.3 Å². The van der Waals surface area contributed by atoms with E-state index in [9.17, 15) is 9.18 Å². The first kappa shape index (κ1) is 16.3. The van der Waals surface area contributed by atoms with Crippen LogP contribution in [0.25, 0.3) is 0 Å². The number of hydrogen-bond acceptors (Lipinski definition) is 5. The van der Waals surface area contributed by atoms with Crippen LogP contribution in [0.2, 0.25) is 0 Å². The van der Waals surface area contributed by atoms with Crippen LogP contribution in [0.5, 0.6) is 5.88 Å². The highest BCUT2D eigenvalue weighted by atomic mass is 19.1. The number of halogens is 1. The van der Waals surface area contributed by atoms with Crippen LogP contribution in [0.15, 0.2) is 24.4 Å². The van der Waals surface area contributed by atoms with Crippen molar-refractivity contribution < 1.29 is 13.9 Å². The molecule has 24 heavy (non-hydrogen) atoms. The lowest BCUT2D eigenvalue weighted by molar-refractivity contribution is 0.0776. The van der Waals surface area contributed by atoms with Crippen molar-refractivity contribution in [2.75, 3.05) is 19.7 Å². The van der Waals surface area contributed by atoms with Crippen molar-refractivity contribution in [1.29, 1.82) is 0 Å². The molecule has 1 aliphatic rings. The molecule has 1 fully saturated rings. The van der Waals surface area contributed by atoms with Gasteiger partial charge in [-0.15, -0.1) is 5.10 Å². The van der Waals surface area contributed by atoms with Crippen molar-refractivity contribution in [1.82, 2.24) is 20.1 Å². The molecule has 2 aromatic heterocycles. The molecule has 1 aliphatic heterocycles. The van der Waals surface area contributed by atoms with Gasteiger partial charge in [-0.3, -0.25) is 4.79 Å². The smallest absolute Gasteiger partial charge is 0.272 e. The van der Waals surface area contributed by atoms with Gasteiger partial charge >= 0.3 is 0 Å². The summed E-state index contributed by atoms with van der Waals surface area (Å²) >= 11 is 0. The molecule has 1 atom stereocenters. The van der Waals surface area contributed by atoms with Gasteiger partial charge < -0.3 is 9.64 Å². The van der Waals surface area contributed by atoms with Crippen LogP contribution in [0.1, 0.15) is 28.2 Å². The Bertz CT molecular complexity index is 736. The molecular weight excluding hydrogens is 311 g/mol. The minimum Gasteiger partial charge on any atom is -0.476 e. The van der Waals surface area contributed by atoms with Gasteiger partial charge in [-0.2, -0.15) is 5.10 Å². The first-order chi connectivity index (χ1) is 11.5. The van der Waals surface area contributed by atoms with Crippen LogP contribution < -0.4 is 4.74 Å². The van der Waals surface area contributed by atoms with Crippen LogP contribution in [-0.2, 0) is 0 Å². The Morgan fingerprint density at radius 2 is 2.21 bits per heavy atom. The highest BCUT2D eigenvalue weighted by Gasteiger charge is 2.28. The molecule has 1 unspecified atom stereocenters. The molecule has 0 radical (unpaired) electrons. The molecule has 6 nitrogen and oxygen atoms in total. The second-order valence-corrected chi connectivity index (χ2v) is 6.05. The summed E-state index contributed by atoms with van der Waals surface area (Å²) in [6.07, 6.45) is 1.94. The second-order valence-electron chi connectivity index (χ2n) is 6.05. The fourth-order valence-corrected chi connectivity index (χ4v) is 2.64. The van der Waals surface area contributed by atoms with Gasteiger partial charge in [0.05, 0.1) is 18.5 Å². The molecule has 7 heteroatoms. The molecule has 1 saturated heterocycles. The molecule has 0 N–H and O–H groups in total. The van der Waals surface area contributed by atoms with Crippen LogP contribution in [0.4, 0.5) is 4.39 Å². The third-order valence-electron chi connectivity index (χ3n) is 4.08. The van der Waals surface area contributed by atoms with E-state index in [1.54, 1.807) is 17.9 Å². The van der Waals surface area contributed by atoms with E-state index in [0.29, 0.717) is 31.1 Å². The summed E-state index contributed by atoms with van der Waals surface area (Å²) in [5, 5.41) is 7.90. The van der Waals surface area contributed by atoms with Gasteiger partial charge in [0.1, 0.15) is 11.5 Å². The average molecular weight is 330 g/mol. The third-order valence-corrected chi connectivity index (χ3v) is 4.08. The van der Waals surface area contributed by atoms with Crippen LogP contribution in [0, 0.1) is 25.6 Å². The zero-order valence-electron chi connectivity index (χ0n) is 13.7. The maximum Gasteiger partial charge on any atom is 0.272 e. The number of carbonyl (C=O) groups is 1. The van der Waals surface area contributed by atoms with Crippen molar-refractivity contribution in [3.63, 3.8) is 0 Å². The van der Waals surface area contributed by atoms with Crippen molar-refractivity contribution >= 4 is 5.91 Å². The van der Waals surface area contributed by atoms with Crippen LogP contribution in [-0.4, -0.2) is 45.7 Å². The van der Waals surface area contributed by atoms with Crippen LogP contribution >= 0.6 is 0 Å². The quantitative estimate of drug-likeness (QED) is 0.859. The number of likely N-dealkylation sites (tertiary alicyclic amines) is 1. The zero-order chi connectivity index (χ0) is 17.1. The predicted octanol–water partition coefficient (Wildman–Crippen LogP) is 2.17. The molecule has 0 saturated carbocycles. The molecule has 3 heterocycles. The lowest BCUT2D eigenvalue weighted by Gasteiger charge is -2.16. The maximum absolute atomic E-state index is 13.3. The predicted molar refractivity (Wildman–Crippen MR) is 85.2 cm³/mol.